The number of carboxylic acids is 1. The molecule has 3 N–H and O–H groups in total. The molecule has 0 bridgehead atoms. The van der Waals surface area contributed by atoms with Crippen LogP contribution in [-0.4, -0.2) is 23.7 Å². The normalized spacial score (nSPS) is 12.1. The molecule has 0 heterocycles. The van der Waals surface area contributed by atoms with Gasteiger partial charge in [0.25, 0.3) is 0 Å². The second-order valence-electron chi connectivity index (χ2n) is 3.93. The number of aliphatic carboxylic acids is 1. The summed E-state index contributed by atoms with van der Waals surface area (Å²) >= 11 is 0. The molecule has 0 saturated carbocycles. The number of carbonyl (C=O) groups is 1. The topological polar surface area (TPSA) is 72.5 Å². The van der Waals surface area contributed by atoms with E-state index >= 15 is 0 Å². The van der Waals surface area contributed by atoms with Gasteiger partial charge in [0, 0.05) is 6.54 Å². The van der Waals surface area contributed by atoms with Crippen LogP contribution >= 0.6 is 0 Å². The lowest BCUT2D eigenvalue weighted by Crippen LogP contribution is -2.34. The average molecular weight is 237 g/mol. The van der Waals surface area contributed by atoms with Crippen LogP contribution in [0.2, 0.25) is 0 Å². The van der Waals surface area contributed by atoms with E-state index < -0.39 is 12.1 Å². The van der Waals surface area contributed by atoms with Crippen molar-refractivity contribution < 1.29 is 14.6 Å². The first-order chi connectivity index (χ1) is 8.17. The molecule has 0 amide bonds. The second kappa shape index (κ2) is 6.91. The van der Waals surface area contributed by atoms with Gasteiger partial charge in [-0.25, -0.2) is 4.79 Å². The fourth-order valence-corrected chi connectivity index (χ4v) is 1.48. The van der Waals surface area contributed by atoms with Crippen LogP contribution in [0.4, 0.5) is 0 Å². The van der Waals surface area contributed by atoms with Crippen LogP contribution in [0.15, 0.2) is 24.3 Å². The zero-order valence-electron chi connectivity index (χ0n) is 10.1. The Bertz CT molecular complexity index is 348. The molecule has 0 radical (unpaired) electrons. The van der Waals surface area contributed by atoms with E-state index in [0.717, 1.165) is 19.3 Å². The smallest absolute Gasteiger partial charge is 0.346 e. The molecule has 1 aromatic rings. The average Bonchev–Trinajstić information content (AvgIpc) is 2.34. The van der Waals surface area contributed by atoms with Gasteiger partial charge in [0.15, 0.2) is 0 Å². The highest BCUT2D eigenvalue weighted by atomic mass is 16.5. The Balaban J connectivity index is 2.58. The molecule has 0 aliphatic heterocycles. The summed E-state index contributed by atoms with van der Waals surface area (Å²) in [6.45, 7) is 2.11. The summed E-state index contributed by atoms with van der Waals surface area (Å²) in [4.78, 5) is 10.7. The van der Waals surface area contributed by atoms with Crippen molar-refractivity contribution in [3.05, 3.63) is 29.8 Å². The number of hydrogen-bond acceptors (Lipinski definition) is 3. The highest BCUT2D eigenvalue weighted by Gasteiger charge is 2.16. The Labute approximate surface area is 101 Å². The van der Waals surface area contributed by atoms with Crippen molar-refractivity contribution in [3.63, 3.8) is 0 Å². The Morgan fingerprint density at radius 2 is 2.06 bits per heavy atom. The second-order valence-corrected chi connectivity index (χ2v) is 3.93. The van der Waals surface area contributed by atoms with E-state index in [9.17, 15) is 4.79 Å². The van der Waals surface area contributed by atoms with Gasteiger partial charge in [-0.2, -0.15) is 0 Å². The van der Waals surface area contributed by atoms with Gasteiger partial charge in [0.1, 0.15) is 5.75 Å². The Morgan fingerprint density at radius 1 is 1.41 bits per heavy atom. The standard InChI is InChI=1S/C13H19NO3/c1-2-3-4-10-5-7-11(8-6-10)17-12(9-14)13(15)16/h5-8,12H,2-4,9,14H2,1H3,(H,15,16). The molecule has 0 aliphatic rings. The summed E-state index contributed by atoms with van der Waals surface area (Å²) in [5, 5.41) is 8.80. The molecule has 0 aromatic heterocycles. The summed E-state index contributed by atoms with van der Waals surface area (Å²) in [6, 6.07) is 7.49. The van der Waals surface area contributed by atoms with Gasteiger partial charge >= 0.3 is 5.97 Å². The summed E-state index contributed by atoms with van der Waals surface area (Å²) in [7, 11) is 0. The third-order valence-corrected chi connectivity index (χ3v) is 2.51. The van der Waals surface area contributed by atoms with Gasteiger partial charge in [-0.05, 0) is 30.5 Å². The lowest BCUT2D eigenvalue weighted by Gasteiger charge is -2.13. The maximum absolute atomic E-state index is 10.7. The van der Waals surface area contributed by atoms with Crippen molar-refractivity contribution >= 4 is 5.97 Å². The van der Waals surface area contributed by atoms with Crippen LogP contribution in [0.5, 0.6) is 5.75 Å². The Kier molecular flexibility index (Phi) is 5.49. The molecule has 17 heavy (non-hydrogen) atoms. The van der Waals surface area contributed by atoms with Crippen LogP contribution in [0.1, 0.15) is 25.3 Å². The van der Waals surface area contributed by atoms with Gasteiger partial charge < -0.3 is 15.6 Å². The predicted octanol–water partition coefficient (Wildman–Crippen LogP) is 1.82. The molecule has 1 atom stereocenters. The van der Waals surface area contributed by atoms with Crippen LogP contribution in [0.25, 0.3) is 0 Å². The first-order valence-corrected chi connectivity index (χ1v) is 5.85. The number of nitrogens with two attached hydrogens (primary N) is 1. The molecule has 0 saturated heterocycles. The number of unbranched alkanes of at least 4 members (excludes halogenated alkanes) is 1. The van der Waals surface area contributed by atoms with E-state index in [4.69, 9.17) is 15.6 Å². The maximum atomic E-state index is 10.7. The molecular formula is C13H19NO3. The van der Waals surface area contributed by atoms with E-state index in [-0.39, 0.29) is 6.54 Å². The Hall–Kier alpha value is -1.55. The lowest BCUT2D eigenvalue weighted by atomic mass is 10.1. The van der Waals surface area contributed by atoms with Crippen LogP contribution in [-0.2, 0) is 11.2 Å². The van der Waals surface area contributed by atoms with E-state index in [0.29, 0.717) is 5.75 Å². The molecule has 94 valence electrons. The highest BCUT2D eigenvalue weighted by Crippen LogP contribution is 2.15. The van der Waals surface area contributed by atoms with Gasteiger partial charge in [0.05, 0.1) is 0 Å². The zero-order chi connectivity index (χ0) is 12.7. The van der Waals surface area contributed by atoms with E-state index in [1.54, 1.807) is 12.1 Å². The van der Waals surface area contributed by atoms with Crippen molar-refractivity contribution in [3.8, 4) is 5.75 Å². The molecule has 0 aliphatic carbocycles. The van der Waals surface area contributed by atoms with Crippen molar-refractivity contribution in [1.82, 2.24) is 0 Å². The highest BCUT2D eigenvalue weighted by molar-refractivity contribution is 5.73. The van der Waals surface area contributed by atoms with Crippen molar-refractivity contribution in [2.45, 2.75) is 32.3 Å². The van der Waals surface area contributed by atoms with Crippen LogP contribution in [0.3, 0.4) is 0 Å². The molecule has 4 heteroatoms. The number of ether oxygens (including phenoxy) is 1. The number of rotatable bonds is 7. The van der Waals surface area contributed by atoms with Gasteiger partial charge in [0.2, 0.25) is 6.10 Å². The van der Waals surface area contributed by atoms with E-state index in [1.165, 1.54) is 5.56 Å². The fourth-order valence-electron chi connectivity index (χ4n) is 1.48. The first-order valence-electron chi connectivity index (χ1n) is 5.85. The minimum Gasteiger partial charge on any atom is -0.478 e. The molecular weight excluding hydrogens is 218 g/mol. The fraction of sp³-hybridized carbons (Fsp3) is 0.462. The molecule has 4 nitrogen and oxygen atoms in total. The molecule has 1 rings (SSSR count). The van der Waals surface area contributed by atoms with Crippen molar-refractivity contribution in [1.29, 1.82) is 0 Å². The molecule has 0 spiro atoms. The van der Waals surface area contributed by atoms with Crippen LogP contribution < -0.4 is 10.5 Å². The zero-order valence-corrected chi connectivity index (χ0v) is 10.1. The van der Waals surface area contributed by atoms with Gasteiger partial charge in [-0.3, -0.25) is 0 Å². The molecule has 1 unspecified atom stereocenters. The van der Waals surface area contributed by atoms with Crippen LogP contribution in [0, 0.1) is 0 Å². The summed E-state index contributed by atoms with van der Waals surface area (Å²) in [5.41, 5.74) is 6.55. The SMILES string of the molecule is CCCCc1ccc(OC(CN)C(=O)O)cc1. The lowest BCUT2D eigenvalue weighted by molar-refractivity contribution is -0.144. The molecule has 0 fully saturated rings. The third kappa shape index (κ3) is 4.44. The summed E-state index contributed by atoms with van der Waals surface area (Å²) in [6.07, 6.45) is 2.38. The Morgan fingerprint density at radius 3 is 2.53 bits per heavy atom. The van der Waals surface area contributed by atoms with E-state index in [1.807, 2.05) is 12.1 Å². The minimum atomic E-state index is -1.04. The predicted molar refractivity (Wildman–Crippen MR) is 66.2 cm³/mol. The van der Waals surface area contributed by atoms with Crippen molar-refractivity contribution in [2.75, 3.05) is 6.54 Å². The molecule has 1 aromatic carbocycles. The quantitative estimate of drug-likeness (QED) is 0.758. The first kappa shape index (κ1) is 13.5. The van der Waals surface area contributed by atoms with Crippen molar-refractivity contribution in [2.24, 2.45) is 5.73 Å². The third-order valence-electron chi connectivity index (χ3n) is 2.51. The number of benzene rings is 1. The minimum absolute atomic E-state index is 0.0348. The number of carboxylic acid groups (broad SMARTS) is 1. The summed E-state index contributed by atoms with van der Waals surface area (Å²) < 4.78 is 5.26. The number of aryl methyl sites for hydroxylation is 1. The van der Waals surface area contributed by atoms with Gasteiger partial charge in [-0.1, -0.05) is 25.5 Å². The summed E-state index contributed by atoms with van der Waals surface area (Å²) in [5.74, 6) is -0.495. The van der Waals surface area contributed by atoms with E-state index in [2.05, 4.69) is 6.92 Å². The number of hydrogen-bond donors (Lipinski definition) is 2. The monoisotopic (exact) mass is 237 g/mol. The maximum Gasteiger partial charge on any atom is 0.346 e. The van der Waals surface area contributed by atoms with Gasteiger partial charge in [-0.15, -0.1) is 0 Å². The largest absolute Gasteiger partial charge is 0.478 e.